The topological polar surface area (TPSA) is 88.2 Å². The van der Waals surface area contributed by atoms with Gasteiger partial charge in [-0.15, -0.1) is 0 Å². The molecule has 1 N–H and O–H groups in total. The van der Waals surface area contributed by atoms with E-state index >= 15 is 0 Å². The van der Waals surface area contributed by atoms with E-state index in [0.717, 1.165) is 36.7 Å². The Morgan fingerprint density at radius 1 is 1.07 bits per heavy atom. The Balaban J connectivity index is 1.39. The van der Waals surface area contributed by atoms with Crippen LogP contribution in [0.15, 0.2) is 41.3 Å². The van der Waals surface area contributed by atoms with Gasteiger partial charge in [0.15, 0.2) is 11.5 Å². The smallest absolute Gasteiger partial charge is 0.253 e. The highest BCUT2D eigenvalue weighted by Gasteiger charge is 2.25. The van der Waals surface area contributed by atoms with E-state index in [-0.39, 0.29) is 22.6 Å². The van der Waals surface area contributed by atoms with Crippen molar-refractivity contribution in [1.82, 2.24) is 14.5 Å². The normalized spacial score (nSPS) is 16.7. The SMILES string of the molecule is CNS(=O)(=O)c1cc(C(=O)N2CCN(Cc3ccc4c(c3)OCO4)CC2)ccc1Cl. The second kappa shape index (κ2) is 8.43. The fourth-order valence-corrected chi connectivity index (χ4v) is 4.79. The molecular formula is C20H22ClN3O5S. The van der Waals surface area contributed by atoms with Crippen molar-refractivity contribution in [2.75, 3.05) is 40.0 Å². The lowest BCUT2D eigenvalue weighted by molar-refractivity contribution is 0.0628. The van der Waals surface area contributed by atoms with Gasteiger partial charge in [-0.25, -0.2) is 13.1 Å². The van der Waals surface area contributed by atoms with Gasteiger partial charge < -0.3 is 14.4 Å². The molecule has 160 valence electrons. The van der Waals surface area contributed by atoms with E-state index in [1.165, 1.54) is 19.2 Å². The van der Waals surface area contributed by atoms with Crippen LogP contribution < -0.4 is 14.2 Å². The van der Waals surface area contributed by atoms with Crippen LogP contribution in [0.5, 0.6) is 11.5 Å². The van der Waals surface area contributed by atoms with Gasteiger partial charge in [0.05, 0.1) is 5.02 Å². The Labute approximate surface area is 180 Å². The number of hydrogen-bond acceptors (Lipinski definition) is 6. The first kappa shape index (κ1) is 20.9. The molecule has 2 aliphatic heterocycles. The lowest BCUT2D eigenvalue weighted by Gasteiger charge is -2.35. The molecule has 1 amide bonds. The van der Waals surface area contributed by atoms with Crippen molar-refractivity contribution in [3.05, 3.63) is 52.5 Å². The summed E-state index contributed by atoms with van der Waals surface area (Å²) < 4.78 is 37.2. The molecule has 30 heavy (non-hydrogen) atoms. The van der Waals surface area contributed by atoms with Crippen molar-refractivity contribution >= 4 is 27.5 Å². The zero-order chi connectivity index (χ0) is 21.3. The quantitative estimate of drug-likeness (QED) is 0.747. The number of halogens is 1. The predicted octanol–water partition coefficient (Wildman–Crippen LogP) is 1.93. The zero-order valence-corrected chi connectivity index (χ0v) is 18.0. The summed E-state index contributed by atoms with van der Waals surface area (Å²) in [5, 5.41) is 0.0782. The summed E-state index contributed by atoms with van der Waals surface area (Å²) in [5.74, 6) is 1.31. The van der Waals surface area contributed by atoms with Crippen LogP contribution in [-0.2, 0) is 16.6 Å². The number of rotatable bonds is 5. The molecule has 2 aromatic carbocycles. The molecule has 8 nitrogen and oxygen atoms in total. The van der Waals surface area contributed by atoms with Gasteiger partial charge >= 0.3 is 0 Å². The molecule has 2 aliphatic rings. The zero-order valence-electron chi connectivity index (χ0n) is 16.4. The van der Waals surface area contributed by atoms with E-state index in [1.807, 2.05) is 18.2 Å². The summed E-state index contributed by atoms with van der Waals surface area (Å²) in [7, 11) is -2.44. The molecule has 1 fully saturated rings. The summed E-state index contributed by atoms with van der Waals surface area (Å²) >= 11 is 6.01. The van der Waals surface area contributed by atoms with Crippen LogP contribution in [0.1, 0.15) is 15.9 Å². The number of hydrogen-bond donors (Lipinski definition) is 1. The molecule has 2 heterocycles. The second-order valence-corrected chi connectivity index (χ2v) is 9.37. The summed E-state index contributed by atoms with van der Waals surface area (Å²) in [4.78, 5) is 16.8. The first-order valence-corrected chi connectivity index (χ1v) is 11.4. The Morgan fingerprint density at radius 3 is 2.53 bits per heavy atom. The fourth-order valence-electron chi connectivity index (χ4n) is 3.54. The van der Waals surface area contributed by atoms with Crippen LogP contribution in [-0.4, -0.2) is 64.1 Å². The maximum Gasteiger partial charge on any atom is 0.253 e. The van der Waals surface area contributed by atoms with Gasteiger partial charge in [-0.2, -0.15) is 0 Å². The molecule has 0 aromatic heterocycles. The summed E-state index contributed by atoms with van der Waals surface area (Å²) in [6, 6.07) is 10.2. The number of ether oxygens (including phenoxy) is 2. The Kier molecular flexibility index (Phi) is 5.88. The molecule has 2 aromatic rings. The molecule has 1 saturated heterocycles. The molecule has 0 bridgehead atoms. The summed E-state index contributed by atoms with van der Waals surface area (Å²) in [6.07, 6.45) is 0. The standard InChI is InChI=1S/C20H22ClN3O5S/c1-22-30(26,27)19-11-15(3-4-16(19)21)20(25)24-8-6-23(7-9-24)12-14-2-5-17-18(10-14)29-13-28-17/h2-5,10-11,22H,6-9,12-13H2,1H3. The third-order valence-electron chi connectivity index (χ3n) is 5.24. The van der Waals surface area contributed by atoms with E-state index in [2.05, 4.69) is 9.62 Å². The molecule has 0 unspecified atom stereocenters. The fraction of sp³-hybridized carbons (Fsp3) is 0.350. The molecule has 0 saturated carbocycles. The highest BCUT2D eigenvalue weighted by atomic mass is 35.5. The van der Waals surface area contributed by atoms with Crippen LogP contribution >= 0.6 is 11.6 Å². The molecule has 0 radical (unpaired) electrons. The predicted molar refractivity (Wildman–Crippen MR) is 111 cm³/mol. The second-order valence-electron chi connectivity index (χ2n) is 7.11. The first-order valence-electron chi connectivity index (χ1n) is 9.50. The third-order valence-corrected chi connectivity index (χ3v) is 7.13. The van der Waals surface area contributed by atoms with Crippen LogP contribution in [0.25, 0.3) is 0 Å². The van der Waals surface area contributed by atoms with E-state index < -0.39 is 10.0 Å². The van der Waals surface area contributed by atoms with Gasteiger partial charge in [0.25, 0.3) is 5.91 Å². The molecule has 0 atom stereocenters. The monoisotopic (exact) mass is 451 g/mol. The van der Waals surface area contributed by atoms with Gasteiger partial charge in [0.2, 0.25) is 16.8 Å². The number of amides is 1. The van der Waals surface area contributed by atoms with E-state index in [0.29, 0.717) is 18.7 Å². The number of nitrogens with one attached hydrogen (secondary N) is 1. The number of fused-ring (bicyclic) bond motifs is 1. The molecule has 0 spiro atoms. The maximum absolute atomic E-state index is 12.9. The molecule has 0 aliphatic carbocycles. The van der Waals surface area contributed by atoms with E-state index in [9.17, 15) is 13.2 Å². The van der Waals surface area contributed by atoms with Crippen molar-refractivity contribution in [3.63, 3.8) is 0 Å². The largest absolute Gasteiger partial charge is 0.454 e. The van der Waals surface area contributed by atoms with Crippen LogP contribution in [0.4, 0.5) is 0 Å². The van der Waals surface area contributed by atoms with Crippen molar-refractivity contribution in [2.24, 2.45) is 0 Å². The first-order chi connectivity index (χ1) is 14.4. The van der Waals surface area contributed by atoms with Crippen LogP contribution in [0, 0.1) is 0 Å². The Hall–Kier alpha value is -2.33. The lowest BCUT2D eigenvalue weighted by Crippen LogP contribution is -2.48. The van der Waals surface area contributed by atoms with E-state index in [1.54, 1.807) is 11.0 Å². The third kappa shape index (κ3) is 4.24. The maximum atomic E-state index is 12.9. The highest BCUT2D eigenvalue weighted by molar-refractivity contribution is 7.89. The van der Waals surface area contributed by atoms with Gasteiger partial charge in [0.1, 0.15) is 4.90 Å². The Bertz CT molecular complexity index is 1070. The molecule has 4 rings (SSSR count). The van der Waals surface area contributed by atoms with Crippen molar-refractivity contribution in [2.45, 2.75) is 11.4 Å². The van der Waals surface area contributed by atoms with Gasteiger partial charge in [-0.1, -0.05) is 17.7 Å². The average molecular weight is 452 g/mol. The van der Waals surface area contributed by atoms with Crippen LogP contribution in [0.2, 0.25) is 5.02 Å². The summed E-state index contributed by atoms with van der Waals surface area (Å²) in [6.45, 7) is 3.55. The highest BCUT2D eigenvalue weighted by Crippen LogP contribution is 2.33. The number of benzene rings is 2. The molecule has 10 heteroatoms. The lowest BCUT2D eigenvalue weighted by atomic mass is 10.1. The summed E-state index contributed by atoms with van der Waals surface area (Å²) in [5.41, 5.74) is 1.43. The Morgan fingerprint density at radius 2 is 1.80 bits per heavy atom. The minimum atomic E-state index is -3.74. The van der Waals surface area contributed by atoms with Crippen LogP contribution in [0.3, 0.4) is 0 Å². The van der Waals surface area contributed by atoms with Gasteiger partial charge in [0, 0.05) is 38.3 Å². The number of carbonyl (C=O) groups excluding carboxylic acids is 1. The minimum absolute atomic E-state index is 0.0782. The molecular weight excluding hydrogens is 430 g/mol. The number of sulfonamides is 1. The number of carbonyl (C=O) groups is 1. The number of piperazine rings is 1. The average Bonchev–Trinajstić information content (AvgIpc) is 3.22. The van der Waals surface area contributed by atoms with Gasteiger partial charge in [-0.05, 0) is 42.9 Å². The van der Waals surface area contributed by atoms with Crippen molar-refractivity contribution in [3.8, 4) is 11.5 Å². The van der Waals surface area contributed by atoms with E-state index in [4.69, 9.17) is 21.1 Å². The van der Waals surface area contributed by atoms with Crippen molar-refractivity contribution in [1.29, 1.82) is 0 Å². The number of nitrogens with zero attached hydrogens (tertiary/aromatic N) is 2. The van der Waals surface area contributed by atoms with Gasteiger partial charge in [-0.3, -0.25) is 9.69 Å². The van der Waals surface area contributed by atoms with Crippen molar-refractivity contribution < 1.29 is 22.7 Å². The minimum Gasteiger partial charge on any atom is -0.454 e.